The van der Waals surface area contributed by atoms with E-state index >= 15 is 0 Å². The molecule has 0 atom stereocenters. The molecule has 0 amide bonds. The van der Waals surface area contributed by atoms with Gasteiger partial charge in [-0.1, -0.05) is 211 Å². The molecule has 11 aromatic carbocycles. The van der Waals surface area contributed by atoms with Crippen LogP contribution in [0.1, 0.15) is 52.7 Å². The van der Waals surface area contributed by atoms with Gasteiger partial charge in [-0.25, -0.2) is 15.0 Å². The van der Waals surface area contributed by atoms with Gasteiger partial charge in [-0.2, -0.15) is 0 Å². The van der Waals surface area contributed by atoms with E-state index in [0.29, 0.717) is 17.5 Å². The minimum atomic E-state index is -0.0241. The molecule has 0 saturated carbocycles. The summed E-state index contributed by atoms with van der Waals surface area (Å²) < 4.78 is 2.47. The second-order valence-corrected chi connectivity index (χ2v) is 24.5. The van der Waals surface area contributed by atoms with Gasteiger partial charge < -0.3 is 14.4 Å². The van der Waals surface area contributed by atoms with Crippen LogP contribution in [0.5, 0.6) is 0 Å². The Bertz CT molecular complexity index is 4540. The third kappa shape index (κ3) is 8.61. The average molecular weight is 1080 g/mol. The number of aromatic nitrogens is 4. The Kier molecular flexibility index (Phi) is 12.0. The van der Waals surface area contributed by atoms with Gasteiger partial charge in [0.1, 0.15) is 0 Å². The lowest BCUT2D eigenvalue weighted by molar-refractivity contribution is 0.590. The van der Waals surface area contributed by atoms with E-state index in [1.807, 2.05) is 36.4 Å². The van der Waals surface area contributed by atoms with Crippen molar-refractivity contribution < 1.29 is 0 Å². The summed E-state index contributed by atoms with van der Waals surface area (Å²) in [5.41, 5.74) is 24.2. The highest BCUT2D eigenvalue weighted by Crippen LogP contribution is 2.46. The highest BCUT2D eigenvalue weighted by Gasteiger charge is 2.43. The fourth-order valence-electron chi connectivity index (χ4n) is 12.9. The fourth-order valence-corrected chi connectivity index (χ4v) is 12.9. The Labute approximate surface area is 492 Å². The summed E-state index contributed by atoms with van der Waals surface area (Å²) in [6.45, 7) is 13.9. The van der Waals surface area contributed by atoms with Crippen molar-refractivity contribution in [1.29, 1.82) is 0 Å². The Morgan fingerprint density at radius 3 is 1.21 bits per heavy atom. The molecule has 0 aliphatic carbocycles. The number of hydrogen-bond donors (Lipinski definition) is 0. The maximum Gasteiger partial charge on any atom is 0.252 e. The lowest BCUT2D eigenvalue weighted by Gasteiger charge is -2.44. The van der Waals surface area contributed by atoms with E-state index in [9.17, 15) is 0 Å². The highest BCUT2D eigenvalue weighted by molar-refractivity contribution is 7.00. The molecule has 84 heavy (non-hydrogen) atoms. The lowest BCUT2D eigenvalue weighted by atomic mass is 9.33. The molecule has 2 aliphatic heterocycles. The second-order valence-electron chi connectivity index (χ2n) is 24.5. The first-order valence-electron chi connectivity index (χ1n) is 29.2. The van der Waals surface area contributed by atoms with Crippen LogP contribution in [0.4, 0.5) is 34.1 Å². The van der Waals surface area contributed by atoms with Crippen molar-refractivity contribution in [1.82, 2.24) is 19.5 Å². The van der Waals surface area contributed by atoms with Crippen molar-refractivity contribution in [3.05, 3.63) is 272 Å². The Hall–Kier alpha value is -10.1. The summed E-state index contributed by atoms with van der Waals surface area (Å²) in [5.74, 6) is 1.87. The van der Waals surface area contributed by atoms with E-state index in [0.717, 1.165) is 67.0 Å². The van der Waals surface area contributed by atoms with E-state index in [1.165, 1.54) is 61.0 Å². The largest absolute Gasteiger partial charge is 0.311 e. The van der Waals surface area contributed by atoms with E-state index < -0.39 is 0 Å². The summed E-state index contributed by atoms with van der Waals surface area (Å²) in [4.78, 5) is 20.4. The molecule has 0 radical (unpaired) electrons. The van der Waals surface area contributed by atoms with Crippen LogP contribution in [0.15, 0.2) is 261 Å². The zero-order valence-corrected chi connectivity index (χ0v) is 48.1. The first kappa shape index (κ1) is 50.8. The molecule has 6 nitrogen and oxygen atoms in total. The summed E-state index contributed by atoms with van der Waals surface area (Å²) in [6, 6.07) is 94.9. The van der Waals surface area contributed by atoms with Crippen LogP contribution in [0.3, 0.4) is 0 Å². The van der Waals surface area contributed by atoms with E-state index in [-0.39, 0.29) is 17.5 Å². The third-order valence-corrected chi connectivity index (χ3v) is 17.2. The molecule has 0 spiro atoms. The molecular formula is C77H61BN6. The molecule has 0 saturated heterocycles. The fraction of sp³-hybridized carbons (Fsp3) is 0.104. The molecule has 13 aromatic rings. The van der Waals surface area contributed by atoms with Gasteiger partial charge in [-0.15, -0.1) is 0 Å². The van der Waals surface area contributed by atoms with Crippen LogP contribution in [-0.2, 0) is 10.8 Å². The highest BCUT2D eigenvalue weighted by atomic mass is 15.2. The minimum Gasteiger partial charge on any atom is -0.311 e. The van der Waals surface area contributed by atoms with Crippen LogP contribution in [-0.4, -0.2) is 26.2 Å². The molecular weight excluding hydrogens is 1020 g/mol. The molecule has 0 N–H and O–H groups in total. The number of hydrogen-bond acceptors (Lipinski definition) is 5. The molecule has 4 heterocycles. The number of para-hydroxylation sites is 3. The maximum absolute atomic E-state index is 5.22. The average Bonchev–Trinajstić information content (AvgIpc) is 2.38. The first-order valence-corrected chi connectivity index (χ1v) is 29.2. The second kappa shape index (κ2) is 19.8. The predicted octanol–water partition coefficient (Wildman–Crippen LogP) is 18.0. The predicted molar refractivity (Wildman–Crippen MR) is 353 cm³/mol. The van der Waals surface area contributed by atoms with Gasteiger partial charge in [0.2, 0.25) is 0 Å². The van der Waals surface area contributed by atoms with Crippen LogP contribution in [0.25, 0.3) is 83.9 Å². The normalized spacial score (nSPS) is 12.8. The Morgan fingerprint density at radius 1 is 0.310 bits per heavy atom. The molecule has 15 rings (SSSR count). The molecule has 7 heteroatoms. The van der Waals surface area contributed by atoms with Crippen LogP contribution in [0.2, 0.25) is 0 Å². The quantitative estimate of drug-likeness (QED) is 0.142. The van der Waals surface area contributed by atoms with E-state index in [2.05, 4.69) is 280 Å². The number of fused-ring (bicyclic) bond motifs is 7. The molecule has 2 aromatic heterocycles. The van der Waals surface area contributed by atoms with Gasteiger partial charge in [0, 0.05) is 67.2 Å². The van der Waals surface area contributed by atoms with Gasteiger partial charge in [-0.3, -0.25) is 0 Å². The zero-order chi connectivity index (χ0) is 56.8. The molecule has 0 fully saturated rings. The van der Waals surface area contributed by atoms with Crippen LogP contribution >= 0.6 is 0 Å². The van der Waals surface area contributed by atoms with Crippen molar-refractivity contribution in [2.45, 2.75) is 52.4 Å². The van der Waals surface area contributed by atoms with Crippen LogP contribution < -0.4 is 26.2 Å². The van der Waals surface area contributed by atoms with Crippen molar-refractivity contribution in [2.75, 3.05) is 9.80 Å². The van der Waals surface area contributed by atoms with Crippen molar-refractivity contribution in [3.63, 3.8) is 0 Å². The number of nitrogens with zero attached hydrogens (tertiary/aromatic N) is 6. The van der Waals surface area contributed by atoms with Crippen LogP contribution in [0, 0.1) is 0 Å². The first-order chi connectivity index (χ1) is 40.9. The lowest BCUT2D eigenvalue weighted by Crippen LogP contribution is -2.61. The van der Waals surface area contributed by atoms with Gasteiger partial charge in [0.25, 0.3) is 6.71 Å². The monoisotopic (exact) mass is 1080 g/mol. The summed E-state index contributed by atoms with van der Waals surface area (Å²) >= 11 is 0. The third-order valence-electron chi connectivity index (χ3n) is 17.2. The molecule has 0 unspecified atom stereocenters. The van der Waals surface area contributed by atoms with E-state index in [1.54, 1.807) is 0 Å². The van der Waals surface area contributed by atoms with E-state index in [4.69, 9.17) is 15.0 Å². The minimum absolute atomic E-state index is 0.0241. The zero-order valence-electron chi connectivity index (χ0n) is 48.1. The Morgan fingerprint density at radius 2 is 0.714 bits per heavy atom. The van der Waals surface area contributed by atoms with Gasteiger partial charge in [0.05, 0.1) is 16.7 Å². The molecule has 2 aliphatic rings. The van der Waals surface area contributed by atoms with Crippen molar-refractivity contribution in [3.8, 4) is 62.1 Å². The van der Waals surface area contributed by atoms with Gasteiger partial charge >= 0.3 is 0 Å². The number of benzene rings is 11. The van der Waals surface area contributed by atoms with Crippen molar-refractivity contribution in [2.24, 2.45) is 0 Å². The molecule has 0 bridgehead atoms. The Balaban J connectivity index is 0.859. The standard InChI is InChI=1S/C77H61BN6/c1-76(2,3)56-40-45-66-61(48-56)62-49-57(77(4,5)6)41-46-67(62)84(66)65-44-39-55(75-80-73(53-21-10-7-11-22-53)79-74(81-75)54-23-12-8-13-24-54)47-60(65)52-35-33-50(34-36-52)51-37-42-59(43-38-51)83-69-30-19-17-28-64(69)78-63-27-16-18-29-68(63)82(58-25-14-9-15-26-58)70-31-20-32-71(83)72(70)78/h7-49H,1-6H3. The number of rotatable bonds is 8. The maximum atomic E-state index is 5.22. The summed E-state index contributed by atoms with van der Waals surface area (Å²) in [6.07, 6.45) is 0. The van der Waals surface area contributed by atoms with Gasteiger partial charge in [0.15, 0.2) is 17.5 Å². The number of anilines is 6. The van der Waals surface area contributed by atoms with Gasteiger partial charge in [-0.05, 0) is 146 Å². The summed E-state index contributed by atoms with van der Waals surface area (Å²) in [7, 11) is 0. The van der Waals surface area contributed by atoms with Crippen molar-refractivity contribution >= 4 is 79.0 Å². The molecule has 402 valence electrons. The summed E-state index contributed by atoms with van der Waals surface area (Å²) in [5, 5.41) is 2.49. The topological polar surface area (TPSA) is 50.1 Å². The smallest absolute Gasteiger partial charge is 0.252 e. The SMILES string of the molecule is CC(C)(C)c1ccc2c(c1)c1cc(C(C)(C)C)ccc1n2-c1ccc(-c2nc(-c3ccccc3)nc(-c3ccccc3)n2)cc1-c1ccc(-c2ccc(N3c4ccccc4B4c5ccccc5N(c5ccccc5)c5cccc3c54)cc2)cc1.